The molecule has 2 aromatic rings. The number of aliphatic imine (C=N–C) groups is 2. The number of rotatable bonds is 8. The van der Waals surface area contributed by atoms with E-state index in [0.29, 0.717) is 48.3 Å². The highest BCUT2D eigenvalue weighted by atomic mass is 32.1. The van der Waals surface area contributed by atoms with Crippen molar-refractivity contribution in [3.05, 3.63) is 39.6 Å². The zero-order chi connectivity index (χ0) is 22.8. The average molecular weight is 470 g/mol. The molecule has 9 nitrogen and oxygen atoms in total. The maximum Gasteiger partial charge on any atom is 0.250 e. The van der Waals surface area contributed by atoms with Crippen LogP contribution in [0.15, 0.2) is 33.6 Å². The molecular formula is C23H27N5O4S. The van der Waals surface area contributed by atoms with Crippen molar-refractivity contribution in [2.24, 2.45) is 15.7 Å². The summed E-state index contributed by atoms with van der Waals surface area (Å²) < 4.78 is 17.3. The van der Waals surface area contributed by atoms with E-state index in [1.165, 1.54) is 11.3 Å². The number of thiophene rings is 1. The average Bonchev–Trinajstić information content (AvgIpc) is 3.52. The van der Waals surface area contributed by atoms with Crippen LogP contribution >= 0.6 is 11.3 Å². The maximum atomic E-state index is 12.0. The van der Waals surface area contributed by atoms with Crippen LogP contribution in [0.25, 0.3) is 0 Å². The number of hydrogen-bond donors (Lipinski definition) is 1. The molecular weight excluding hydrogens is 442 g/mol. The monoisotopic (exact) mass is 469 g/mol. The van der Waals surface area contributed by atoms with Crippen molar-refractivity contribution < 1.29 is 19.0 Å². The molecule has 10 heteroatoms. The van der Waals surface area contributed by atoms with Crippen LogP contribution in [0.3, 0.4) is 0 Å². The third kappa shape index (κ3) is 4.21. The van der Waals surface area contributed by atoms with E-state index in [2.05, 4.69) is 4.90 Å². The lowest BCUT2D eigenvalue weighted by Gasteiger charge is -2.29. The Kier molecular flexibility index (Phi) is 6.30. The molecule has 1 amide bonds. The SMILES string of the molecule is COc1c(OCCCN2CCOCC2)ccc2c1N=C(c1sccc1C(N)=O)N1CCN=C21. The van der Waals surface area contributed by atoms with Gasteiger partial charge in [-0.1, -0.05) is 0 Å². The molecule has 0 radical (unpaired) electrons. The van der Waals surface area contributed by atoms with Gasteiger partial charge in [-0.05, 0) is 30.0 Å². The van der Waals surface area contributed by atoms with Gasteiger partial charge in [0.15, 0.2) is 17.3 Å². The fraction of sp³-hybridized carbons (Fsp3) is 0.435. The predicted octanol–water partition coefficient (Wildman–Crippen LogP) is 2.11. The van der Waals surface area contributed by atoms with Gasteiger partial charge in [0.05, 0.1) is 43.9 Å². The summed E-state index contributed by atoms with van der Waals surface area (Å²) in [4.78, 5) is 26.8. The van der Waals surface area contributed by atoms with Crippen molar-refractivity contribution in [1.29, 1.82) is 0 Å². The Morgan fingerprint density at radius 3 is 2.85 bits per heavy atom. The fourth-order valence-corrected chi connectivity index (χ4v) is 5.25. The number of hydrogen-bond acceptors (Lipinski definition) is 9. The van der Waals surface area contributed by atoms with Gasteiger partial charge >= 0.3 is 0 Å². The summed E-state index contributed by atoms with van der Waals surface area (Å²) in [6, 6.07) is 5.64. The molecule has 3 aliphatic heterocycles. The summed E-state index contributed by atoms with van der Waals surface area (Å²) in [6.45, 7) is 6.43. The van der Waals surface area contributed by atoms with Gasteiger partial charge < -0.3 is 24.8 Å². The summed E-state index contributed by atoms with van der Waals surface area (Å²) in [5, 5.41) is 1.85. The van der Waals surface area contributed by atoms with Crippen LogP contribution < -0.4 is 15.2 Å². The molecule has 0 bridgehead atoms. The van der Waals surface area contributed by atoms with Crippen LogP contribution in [-0.2, 0) is 4.74 Å². The highest BCUT2D eigenvalue weighted by molar-refractivity contribution is 7.12. The number of amides is 1. The Balaban J connectivity index is 1.42. The first kappa shape index (κ1) is 21.9. The second-order valence-corrected chi connectivity index (χ2v) is 8.89. The molecule has 0 atom stereocenters. The molecule has 4 heterocycles. The highest BCUT2D eigenvalue weighted by Gasteiger charge is 2.34. The van der Waals surface area contributed by atoms with Crippen LogP contribution in [-0.4, -0.2) is 87.0 Å². The van der Waals surface area contributed by atoms with E-state index >= 15 is 0 Å². The molecule has 0 aliphatic carbocycles. The minimum atomic E-state index is -0.471. The molecule has 1 aromatic carbocycles. The van der Waals surface area contributed by atoms with Crippen LogP contribution in [0, 0.1) is 0 Å². The Morgan fingerprint density at radius 2 is 2.06 bits per heavy atom. The standard InChI is InChI=1S/C23H27N5O4S/c1-30-19-17(32-11-2-7-27-9-12-31-13-10-27)4-3-15-18(19)26-23(28-8-6-25-22(15)28)20-16(21(24)29)5-14-33-20/h3-5,14H,2,6-13H2,1H3,(H2,24,29). The van der Waals surface area contributed by atoms with E-state index in [-0.39, 0.29) is 0 Å². The van der Waals surface area contributed by atoms with E-state index in [4.69, 9.17) is 29.9 Å². The molecule has 174 valence electrons. The first-order valence-electron chi connectivity index (χ1n) is 11.1. The number of carbonyl (C=O) groups excluding carboxylic acids is 1. The van der Waals surface area contributed by atoms with E-state index in [1.54, 1.807) is 13.2 Å². The molecule has 0 unspecified atom stereocenters. The zero-order valence-corrected chi connectivity index (χ0v) is 19.4. The summed E-state index contributed by atoms with van der Waals surface area (Å²) in [5.41, 5.74) is 7.63. The minimum absolute atomic E-state index is 0.461. The van der Waals surface area contributed by atoms with Gasteiger partial charge in [-0.2, -0.15) is 0 Å². The Hall–Kier alpha value is -2.95. The fourth-order valence-electron chi connectivity index (χ4n) is 4.35. The molecule has 1 saturated heterocycles. The number of methoxy groups -OCH3 is 1. The van der Waals surface area contributed by atoms with Crippen LogP contribution in [0.4, 0.5) is 5.69 Å². The number of ether oxygens (including phenoxy) is 3. The van der Waals surface area contributed by atoms with Gasteiger partial charge in [-0.15, -0.1) is 11.3 Å². The normalized spacial score (nSPS) is 17.8. The predicted molar refractivity (Wildman–Crippen MR) is 128 cm³/mol. The molecule has 5 rings (SSSR count). The van der Waals surface area contributed by atoms with Gasteiger partial charge in [-0.3, -0.25) is 14.7 Å². The summed E-state index contributed by atoms with van der Waals surface area (Å²) >= 11 is 1.44. The smallest absolute Gasteiger partial charge is 0.250 e. The molecule has 1 fully saturated rings. The molecule has 1 aromatic heterocycles. The number of amidine groups is 2. The zero-order valence-electron chi connectivity index (χ0n) is 18.6. The van der Waals surface area contributed by atoms with Crippen molar-refractivity contribution in [3.63, 3.8) is 0 Å². The van der Waals surface area contributed by atoms with Gasteiger partial charge in [0.1, 0.15) is 11.5 Å². The number of nitrogens with zero attached hydrogens (tertiary/aromatic N) is 4. The Labute approximate surface area is 196 Å². The second kappa shape index (κ2) is 9.50. The molecule has 2 N–H and O–H groups in total. The van der Waals surface area contributed by atoms with Crippen molar-refractivity contribution in [2.75, 3.05) is 59.7 Å². The number of fused-ring (bicyclic) bond motifs is 3. The van der Waals surface area contributed by atoms with E-state index < -0.39 is 5.91 Å². The summed E-state index contributed by atoms with van der Waals surface area (Å²) in [6.07, 6.45) is 0.909. The highest BCUT2D eigenvalue weighted by Crippen LogP contribution is 2.44. The van der Waals surface area contributed by atoms with Gasteiger partial charge in [-0.25, -0.2) is 4.99 Å². The lowest BCUT2D eigenvalue weighted by molar-refractivity contribution is 0.0357. The van der Waals surface area contributed by atoms with Crippen LogP contribution in [0.2, 0.25) is 0 Å². The van der Waals surface area contributed by atoms with Crippen molar-refractivity contribution >= 4 is 34.6 Å². The van der Waals surface area contributed by atoms with Crippen LogP contribution in [0.1, 0.15) is 27.2 Å². The topological polar surface area (TPSA) is 102 Å². The first-order chi connectivity index (χ1) is 16.2. The Morgan fingerprint density at radius 1 is 1.21 bits per heavy atom. The number of morpholine rings is 1. The third-order valence-electron chi connectivity index (χ3n) is 5.97. The minimum Gasteiger partial charge on any atom is -0.491 e. The van der Waals surface area contributed by atoms with Gasteiger partial charge in [0, 0.05) is 31.7 Å². The quantitative estimate of drug-likeness (QED) is 0.594. The number of primary amides is 1. The molecule has 0 saturated carbocycles. The van der Waals surface area contributed by atoms with E-state index in [1.807, 2.05) is 22.4 Å². The third-order valence-corrected chi connectivity index (χ3v) is 6.88. The van der Waals surface area contributed by atoms with Crippen molar-refractivity contribution in [1.82, 2.24) is 9.80 Å². The second-order valence-electron chi connectivity index (χ2n) is 7.97. The molecule has 0 spiro atoms. The lowest BCUT2D eigenvalue weighted by atomic mass is 10.1. The van der Waals surface area contributed by atoms with Crippen molar-refractivity contribution in [2.45, 2.75) is 6.42 Å². The Bertz CT molecular complexity index is 1110. The number of carbonyl (C=O) groups is 1. The molecule has 33 heavy (non-hydrogen) atoms. The van der Waals surface area contributed by atoms with Crippen LogP contribution in [0.5, 0.6) is 11.5 Å². The van der Waals surface area contributed by atoms with Crippen molar-refractivity contribution in [3.8, 4) is 11.5 Å². The van der Waals surface area contributed by atoms with Gasteiger partial charge in [0.25, 0.3) is 0 Å². The first-order valence-corrected chi connectivity index (χ1v) is 12.0. The largest absolute Gasteiger partial charge is 0.491 e. The maximum absolute atomic E-state index is 12.0. The number of benzene rings is 1. The van der Waals surface area contributed by atoms with E-state index in [9.17, 15) is 4.79 Å². The lowest BCUT2D eigenvalue weighted by Crippen LogP contribution is -2.38. The summed E-state index contributed by atoms with van der Waals surface area (Å²) in [5.74, 6) is 2.25. The summed E-state index contributed by atoms with van der Waals surface area (Å²) in [7, 11) is 1.62. The van der Waals surface area contributed by atoms with Gasteiger partial charge in [0.2, 0.25) is 5.91 Å². The molecule has 3 aliphatic rings. The number of nitrogens with two attached hydrogens (primary N) is 1. The van der Waals surface area contributed by atoms with E-state index in [0.717, 1.165) is 55.5 Å².